The van der Waals surface area contributed by atoms with E-state index in [1.807, 2.05) is 6.92 Å². The molecule has 0 aliphatic carbocycles. The second-order valence-electron chi connectivity index (χ2n) is 3.99. The molecule has 0 bridgehead atoms. The number of hydrogen-bond acceptors (Lipinski definition) is 4. The van der Waals surface area contributed by atoms with Crippen molar-refractivity contribution in [2.75, 3.05) is 5.73 Å². The molecule has 0 aliphatic heterocycles. The van der Waals surface area contributed by atoms with Crippen LogP contribution in [0.15, 0.2) is 12.3 Å². The zero-order valence-electron chi connectivity index (χ0n) is 10.4. The third kappa shape index (κ3) is 2.34. The Morgan fingerprint density at radius 2 is 2.39 bits per heavy atom. The minimum Gasteiger partial charge on any atom is -0.384 e. The molecule has 0 saturated heterocycles. The highest BCUT2D eigenvalue weighted by atomic mass is 16.2. The number of aromatic amines is 1. The van der Waals surface area contributed by atoms with Crippen molar-refractivity contribution in [3.8, 4) is 0 Å². The summed E-state index contributed by atoms with van der Waals surface area (Å²) >= 11 is 0. The Bertz CT molecular complexity index is 556. The lowest BCUT2D eigenvalue weighted by Crippen LogP contribution is -2.25. The van der Waals surface area contributed by atoms with Crippen LogP contribution in [0.5, 0.6) is 0 Å². The summed E-state index contributed by atoms with van der Waals surface area (Å²) in [5.74, 6) is 0.292. The standard InChI is InChI=1S/C11H16N6O/c1-3-8-4-9(17(2)16-8)11(18)13-5-7-6-14-15-10(7)12/h4,6H,3,5H2,1-2H3,(H,13,18)(H3,12,14,15). The van der Waals surface area contributed by atoms with Crippen LogP contribution < -0.4 is 11.1 Å². The number of carbonyl (C=O) groups excluding carboxylic acids is 1. The first-order chi connectivity index (χ1) is 8.61. The maximum atomic E-state index is 12.0. The summed E-state index contributed by atoms with van der Waals surface area (Å²) in [6.07, 6.45) is 2.39. The SMILES string of the molecule is CCc1cc(C(=O)NCc2cn[nH]c2N)n(C)n1. The van der Waals surface area contributed by atoms with Crippen molar-refractivity contribution in [2.45, 2.75) is 19.9 Å². The van der Waals surface area contributed by atoms with Crippen LogP contribution in [0.25, 0.3) is 0 Å². The first-order valence-corrected chi connectivity index (χ1v) is 5.70. The summed E-state index contributed by atoms with van der Waals surface area (Å²) in [5, 5.41) is 13.4. The number of nitrogen functional groups attached to an aromatic ring is 1. The number of nitrogens with zero attached hydrogens (tertiary/aromatic N) is 3. The molecule has 0 radical (unpaired) electrons. The van der Waals surface area contributed by atoms with Crippen molar-refractivity contribution in [1.82, 2.24) is 25.3 Å². The van der Waals surface area contributed by atoms with Crippen LogP contribution in [0, 0.1) is 0 Å². The van der Waals surface area contributed by atoms with E-state index in [0.29, 0.717) is 18.1 Å². The van der Waals surface area contributed by atoms with E-state index in [0.717, 1.165) is 17.7 Å². The number of anilines is 1. The molecule has 2 aromatic rings. The summed E-state index contributed by atoms with van der Waals surface area (Å²) in [4.78, 5) is 12.0. The van der Waals surface area contributed by atoms with Gasteiger partial charge in [0, 0.05) is 19.2 Å². The molecule has 0 saturated carbocycles. The Kier molecular flexibility index (Phi) is 3.31. The van der Waals surface area contributed by atoms with Crippen LogP contribution in [0.3, 0.4) is 0 Å². The Labute approximate surface area is 104 Å². The predicted molar refractivity (Wildman–Crippen MR) is 66.8 cm³/mol. The van der Waals surface area contributed by atoms with E-state index in [4.69, 9.17) is 5.73 Å². The predicted octanol–water partition coefficient (Wildman–Crippen LogP) is 0.218. The lowest BCUT2D eigenvalue weighted by molar-refractivity contribution is 0.0941. The first-order valence-electron chi connectivity index (χ1n) is 5.70. The van der Waals surface area contributed by atoms with Crippen LogP contribution in [0.1, 0.15) is 28.7 Å². The smallest absolute Gasteiger partial charge is 0.269 e. The second-order valence-corrected chi connectivity index (χ2v) is 3.99. The van der Waals surface area contributed by atoms with Gasteiger partial charge >= 0.3 is 0 Å². The Morgan fingerprint density at radius 3 is 2.94 bits per heavy atom. The molecule has 0 aromatic carbocycles. The second kappa shape index (κ2) is 4.91. The highest BCUT2D eigenvalue weighted by molar-refractivity contribution is 5.92. The van der Waals surface area contributed by atoms with Crippen LogP contribution >= 0.6 is 0 Å². The monoisotopic (exact) mass is 248 g/mol. The number of nitrogens with one attached hydrogen (secondary N) is 2. The average molecular weight is 248 g/mol. The fraction of sp³-hybridized carbons (Fsp3) is 0.364. The van der Waals surface area contributed by atoms with Crippen molar-refractivity contribution in [3.05, 3.63) is 29.2 Å². The summed E-state index contributed by atoms with van der Waals surface area (Å²) in [7, 11) is 1.75. The molecule has 96 valence electrons. The Hall–Kier alpha value is -2.31. The van der Waals surface area contributed by atoms with Crippen molar-refractivity contribution >= 4 is 11.7 Å². The zero-order valence-corrected chi connectivity index (χ0v) is 10.4. The summed E-state index contributed by atoms with van der Waals surface area (Å²) in [6, 6.07) is 1.79. The van der Waals surface area contributed by atoms with Gasteiger partial charge in [-0.15, -0.1) is 0 Å². The lowest BCUT2D eigenvalue weighted by Gasteiger charge is -2.04. The topological polar surface area (TPSA) is 102 Å². The Balaban J connectivity index is 2.03. The molecule has 1 amide bonds. The fourth-order valence-corrected chi connectivity index (χ4v) is 1.64. The molecule has 0 aliphatic rings. The van der Waals surface area contributed by atoms with E-state index in [1.165, 1.54) is 0 Å². The number of nitrogens with two attached hydrogens (primary N) is 1. The van der Waals surface area contributed by atoms with Crippen LogP contribution in [-0.4, -0.2) is 25.9 Å². The minimum atomic E-state index is -0.176. The molecular weight excluding hydrogens is 232 g/mol. The quantitative estimate of drug-likeness (QED) is 0.720. The maximum Gasteiger partial charge on any atom is 0.269 e. The number of H-pyrrole nitrogens is 1. The van der Waals surface area contributed by atoms with E-state index in [2.05, 4.69) is 20.6 Å². The molecule has 7 heteroatoms. The van der Waals surface area contributed by atoms with Crippen LogP contribution in [-0.2, 0) is 20.0 Å². The summed E-state index contributed by atoms with van der Waals surface area (Å²) in [5.41, 5.74) is 7.83. The number of carbonyl (C=O) groups is 1. The molecule has 18 heavy (non-hydrogen) atoms. The average Bonchev–Trinajstić information content (AvgIpc) is 2.92. The van der Waals surface area contributed by atoms with Gasteiger partial charge in [-0.05, 0) is 12.5 Å². The number of hydrogen-bond donors (Lipinski definition) is 3. The van der Waals surface area contributed by atoms with Crippen molar-refractivity contribution in [1.29, 1.82) is 0 Å². The molecule has 0 atom stereocenters. The molecular formula is C11H16N6O. The maximum absolute atomic E-state index is 12.0. The number of rotatable bonds is 4. The largest absolute Gasteiger partial charge is 0.384 e. The highest BCUT2D eigenvalue weighted by Gasteiger charge is 2.13. The number of aromatic nitrogens is 4. The van der Waals surface area contributed by atoms with Crippen molar-refractivity contribution in [2.24, 2.45) is 7.05 Å². The normalized spacial score (nSPS) is 10.6. The van der Waals surface area contributed by atoms with Gasteiger partial charge in [-0.2, -0.15) is 10.2 Å². The molecule has 7 nitrogen and oxygen atoms in total. The van der Waals surface area contributed by atoms with E-state index in [1.54, 1.807) is 24.0 Å². The minimum absolute atomic E-state index is 0.176. The van der Waals surface area contributed by atoms with E-state index >= 15 is 0 Å². The Morgan fingerprint density at radius 1 is 1.61 bits per heavy atom. The number of aryl methyl sites for hydroxylation is 2. The van der Waals surface area contributed by atoms with Crippen molar-refractivity contribution < 1.29 is 4.79 Å². The zero-order chi connectivity index (χ0) is 13.1. The third-order valence-electron chi connectivity index (χ3n) is 2.72. The van der Waals surface area contributed by atoms with Gasteiger partial charge in [-0.1, -0.05) is 6.92 Å². The number of amides is 1. The van der Waals surface area contributed by atoms with Gasteiger partial charge in [0.25, 0.3) is 5.91 Å². The van der Waals surface area contributed by atoms with Gasteiger partial charge in [0.15, 0.2) is 0 Å². The van der Waals surface area contributed by atoms with Gasteiger partial charge in [0.05, 0.1) is 11.9 Å². The van der Waals surface area contributed by atoms with E-state index in [-0.39, 0.29) is 5.91 Å². The fourth-order valence-electron chi connectivity index (χ4n) is 1.64. The van der Waals surface area contributed by atoms with E-state index in [9.17, 15) is 4.79 Å². The molecule has 0 spiro atoms. The molecule has 0 unspecified atom stereocenters. The lowest BCUT2D eigenvalue weighted by atomic mass is 10.3. The highest BCUT2D eigenvalue weighted by Crippen LogP contribution is 2.07. The van der Waals surface area contributed by atoms with Crippen LogP contribution in [0.4, 0.5) is 5.82 Å². The first kappa shape index (κ1) is 12.2. The molecule has 2 aromatic heterocycles. The van der Waals surface area contributed by atoms with Gasteiger partial charge in [0.2, 0.25) is 0 Å². The third-order valence-corrected chi connectivity index (χ3v) is 2.72. The van der Waals surface area contributed by atoms with Crippen molar-refractivity contribution in [3.63, 3.8) is 0 Å². The molecule has 4 N–H and O–H groups in total. The molecule has 2 rings (SSSR count). The van der Waals surface area contributed by atoms with Gasteiger partial charge in [-0.25, -0.2) is 0 Å². The van der Waals surface area contributed by atoms with Crippen LogP contribution in [0.2, 0.25) is 0 Å². The van der Waals surface area contributed by atoms with Gasteiger partial charge < -0.3 is 11.1 Å². The van der Waals surface area contributed by atoms with Gasteiger partial charge in [0.1, 0.15) is 11.5 Å². The summed E-state index contributed by atoms with van der Waals surface area (Å²) < 4.78 is 1.58. The van der Waals surface area contributed by atoms with Gasteiger partial charge in [-0.3, -0.25) is 14.6 Å². The van der Waals surface area contributed by atoms with E-state index < -0.39 is 0 Å². The molecule has 2 heterocycles. The molecule has 0 fully saturated rings. The summed E-state index contributed by atoms with van der Waals surface area (Å²) in [6.45, 7) is 2.34.